The third-order valence-electron chi connectivity index (χ3n) is 3.38. The quantitative estimate of drug-likeness (QED) is 0.572. The van der Waals surface area contributed by atoms with Gasteiger partial charge in [0.15, 0.2) is 0 Å². The van der Waals surface area contributed by atoms with Crippen molar-refractivity contribution in [1.82, 2.24) is 5.32 Å². The highest BCUT2D eigenvalue weighted by molar-refractivity contribution is 5.97. The van der Waals surface area contributed by atoms with Crippen LogP contribution in [0.2, 0.25) is 0 Å². The van der Waals surface area contributed by atoms with Crippen LogP contribution in [0.25, 0.3) is 0 Å². The summed E-state index contributed by atoms with van der Waals surface area (Å²) in [5.74, 6) is -2.25. The summed E-state index contributed by atoms with van der Waals surface area (Å²) in [5, 5.41) is 13.7. The summed E-state index contributed by atoms with van der Waals surface area (Å²) in [4.78, 5) is 33.3. The largest absolute Gasteiger partial charge is 0.481 e. The SMILES string of the molecule is CC(=O)Nc1ccc(F)c(C(=O)NCCCCCCCC(=O)O)c1. The van der Waals surface area contributed by atoms with Crippen molar-refractivity contribution in [2.75, 3.05) is 11.9 Å². The topological polar surface area (TPSA) is 95.5 Å². The van der Waals surface area contributed by atoms with Gasteiger partial charge < -0.3 is 15.7 Å². The van der Waals surface area contributed by atoms with Gasteiger partial charge in [-0.25, -0.2) is 4.39 Å². The number of hydrogen-bond donors (Lipinski definition) is 3. The smallest absolute Gasteiger partial charge is 0.303 e. The van der Waals surface area contributed by atoms with E-state index >= 15 is 0 Å². The first-order valence-corrected chi connectivity index (χ1v) is 7.97. The molecule has 0 aromatic heterocycles. The Hall–Kier alpha value is -2.44. The van der Waals surface area contributed by atoms with E-state index in [2.05, 4.69) is 10.6 Å². The van der Waals surface area contributed by atoms with Gasteiger partial charge in [0.05, 0.1) is 5.56 Å². The van der Waals surface area contributed by atoms with Crippen molar-refractivity contribution < 1.29 is 23.9 Å². The zero-order chi connectivity index (χ0) is 17.9. The maximum Gasteiger partial charge on any atom is 0.303 e. The lowest BCUT2D eigenvalue weighted by Crippen LogP contribution is -2.25. The maximum absolute atomic E-state index is 13.7. The van der Waals surface area contributed by atoms with Crippen molar-refractivity contribution in [1.29, 1.82) is 0 Å². The van der Waals surface area contributed by atoms with Crippen LogP contribution in [0, 0.1) is 5.82 Å². The monoisotopic (exact) mass is 338 g/mol. The van der Waals surface area contributed by atoms with Gasteiger partial charge >= 0.3 is 5.97 Å². The molecule has 6 nitrogen and oxygen atoms in total. The summed E-state index contributed by atoms with van der Waals surface area (Å²) in [5.41, 5.74) is 0.259. The van der Waals surface area contributed by atoms with E-state index in [1.165, 1.54) is 19.1 Å². The molecular weight excluding hydrogens is 315 g/mol. The molecule has 0 saturated heterocycles. The second kappa shape index (κ2) is 10.4. The summed E-state index contributed by atoms with van der Waals surface area (Å²) >= 11 is 0. The van der Waals surface area contributed by atoms with E-state index in [1.54, 1.807) is 0 Å². The van der Waals surface area contributed by atoms with Crippen LogP contribution in [0.1, 0.15) is 55.8 Å². The minimum Gasteiger partial charge on any atom is -0.481 e. The molecule has 0 fully saturated rings. The Morgan fingerprint density at radius 3 is 2.42 bits per heavy atom. The number of carbonyl (C=O) groups is 3. The molecule has 0 saturated carbocycles. The minimum atomic E-state index is -0.786. The van der Waals surface area contributed by atoms with Gasteiger partial charge in [-0.15, -0.1) is 0 Å². The number of unbranched alkanes of at least 4 members (excludes halogenated alkanes) is 4. The number of anilines is 1. The van der Waals surface area contributed by atoms with Gasteiger partial charge in [-0.3, -0.25) is 14.4 Å². The summed E-state index contributed by atoms with van der Waals surface area (Å²) in [7, 11) is 0. The first-order valence-electron chi connectivity index (χ1n) is 7.97. The number of amides is 2. The van der Waals surface area contributed by atoms with Crippen molar-refractivity contribution in [3.8, 4) is 0 Å². The van der Waals surface area contributed by atoms with Gasteiger partial charge in [0.25, 0.3) is 5.91 Å². The zero-order valence-corrected chi connectivity index (χ0v) is 13.7. The molecule has 132 valence electrons. The van der Waals surface area contributed by atoms with Gasteiger partial charge in [0.2, 0.25) is 5.91 Å². The lowest BCUT2D eigenvalue weighted by atomic mass is 10.1. The van der Waals surface area contributed by atoms with Crippen molar-refractivity contribution in [3.05, 3.63) is 29.6 Å². The van der Waals surface area contributed by atoms with E-state index in [-0.39, 0.29) is 17.9 Å². The van der Waals surface area contributed by atoms with Crippen LogP contribution in [0.4, 0.5) is 10.1 Å². The van der Waals surface area contributed by atoms with E-state index in [0.29, 0.717) is 18.7 Å². The van der Waals surface area contributed by atoms with Crippen LogP contribution in [0.5, 0.6) is 0 Å². The molecule has 1 aromatic carbocycles. The fourth-order valence-electron chi connectivity index (χ4n) is 2.21. The molecule has 0 aliphatic rings. The molecule has 0 heterocycles. The number of carboxylic acids is 1. The molecule has 0 aliphatic heterocycles. The molecule has 0 aliphatic carbocycles. The number of aliphatic carboxylic acids is 1. The lowest BCUT2D eigenvalue weighted by Gasteiger charge is -2.08. The van der Waals surface area contributed by atoms with Gasteiger partial charge in [0, 0.05) is 25.6 Å². The summed E-state index contributed by atoms with van der Waals surface area (Å²) in [6.45, 7) is 1.75. The van der Waals surface area contributed by atoms with E-state index in [0.717, 1.165) is 31.7 Å². The Balaban J connectivity index is 2.32. The molecule has 0 atom stereocenters. The number of carboxylic acid groups (broad SMARTS) is 1. The maximum atomic E-state index is 13.7. The normalized spacial score (nSPS) is 10.2. The fraction of sp³-hybridized carbons (Fsp3) is 0.471. The first kappa shape index (κ1) is 19.6. The van der Waals surface area contributed by atoms with E-state index < -0.39 is 17.7 Å². The molecule has 24 heavy (non-hydrogen) atoms. The summed E-state index contributed by atoms with van der Waals surface area (Å²) < 4.78 is 13.7. The molecule has 0 bridgehead atoms. The molecule has 3 N–H and O–H groups in total. The van der Waals surface area contributed by atoms with Crippen molar-refractivity contribution in [2.45, 2.75) is 45.4 Å². The second-order valence-electron chi connectivity index (χ2n) is 5.54. The standard InChI is InChI=1S/C17H23FN2O4/c1-12(21)20-13-8-9-15(18)14(11-13)17(24)19-10-6-4-2-3-5-7-16(22)23/h8-9,11H,2-7,10H2,1H3,(H,19,24)(H,20,21)(H,22,23). The van der Waals surface area contributed by atoms with Crippen molar-refractivity contribution >= 4 is 23.5 Å². The Bertz CT molecular complexity index is 590. The molecule has 2 amide bonds. The second-order valence-corrected chi connectivity index (χ2v) is 5.54. The van der Waals surface area contributed by atoms with Gasteiger partial charge in [0.1, 0.15) is 5.82 Å². The highest BCUT2D eigenvalue weighted by Gasteiger charge is 2.12. The van der Waals surface area contributed by atoms with Crippen molar-refractivity contribution in [2.24, 2.45) is 0 Å². The number of benzene rings is 1. The molecule has 1 rings (SSSR count). The van der Waals surface area contributed by atoms with Crippen LogP contribution in [-0.2, 0) is 9.59 Å². The number of hydrogen-bond acceptors (Lipinski definition) is 3. The zero-order valence-electron chi connectivity index (χ0n) is 13.7. The van der Waals surface area contributed by atoms with E-state index in [1.807, 2.05) is 0 Å². The molecule has 7 heteroatoms. The first-order chi connectivity index (χ1) is 11.4. The predicted molar refractivity (Wildman–Crippen MR) is 88.4 cm³/mol. The van der Waals surface area contributed by atoms with Gasteiger partial charge in [-0.05, 0) is 31.0 Å². The van der Waals surface area contributed by atoms with Gasteiger partial charge in [-0.1, -0.05) is 19.3 Å². The highest BCUT2D eigenvalue weighted by Crippen LogP contribution is 2.15. The number of halogens is 1. The van der Waals surface area contributed by atoms with Crippen LogP contribution >= 0.6 is 0 Å². The Labute approximate surface area is 140 Å². The van der Waals surface area contributed by atoms with Crippen LogP contribution in [0.15, 0.2) is 18.2 Å². The predicted octanol–water partition coefficient (Wildman–Crippen LogP) is 2.94. The van der Waals surface area contributed by atoms with Crippen LogP contribution < -0.4 is 10.6 Å². The van der Waals surface area contributed by atoms with Crippen molar-refractivity contribution in [3.63, 3.8) is 0 Å². The lowest BCUT2D eigenvalue weighted by molar-refractivity contribution is -0.137. The molecule has 0 unspecified atom stereocenters. The average Bonchev–Trinajstić information content (AvgIpc) is 2.50. The minimum absolute atomic E-state index is 0.109. The Morgan fingerprint density at radius 1 is 1.08 bits per heavy atom. The number of rotatable bonds is 10. The Morgan fingerprint density at radius 2 is 1.75 bits per heavy atom. The molecule has 1 aromatic rings. The van der Waals surface area contributed by atoms with E-state index in [9.17, 15) is 18.8 Å². The average molecular weight is 338 g/mol. The number of nitrogens with one attached hydrogen (secondary N) is 2. The Kier molecular flexibility index (Phi) is 8.46. The summed E-state index contributed by atoms with van der Waals surface area (Å²) in [6.07, 6.45) is 4.19. The molecule has 0 radical (unpaired) electrons. The third-order valence-corrected chi connectivity index (χ3v) is 3.38. The van der Waals surface area contributed by atoms with Crippen LogP contribution in [-0.4, -0.2) is 29.4 Å². The molecular formula is C17H23FN2O4. The van der Waals surface area contributed by atoms with Gasteiger partial charge in [-0.2, -0.15) is 0 Å². The summed E-state index contributed by atoms with van der Waals surface area (Å²) in [6, 6.07) is 3.84. The fourth-order valence-corrected chi connectivity index (χ4v) is 2.21. The van der Waals surface area contributed by atoms with Crippen LogP contribution in [0.3, 0.4) is 0 Å². The van der Waals surface area contributed by atoms with E-state index in [4.69, 9.17) is 5.11 Å². The highest BCUT2D eigenvalue weighted by atomic mass is 19.1. The molecule has 0 spiro atoms. The number of carbonyl (C=O) groups excluding carboxylic acids is 2. The third kappa shape index (κ3) is 7.71.